The van der Waals surface area contributed by atoms with Crippen LogP contribution in [0.2, 0.25) is 0 Å². The second-order valence-electron chi connectivity index (χ2n) is 6.63. The Labute approximate surface area is 151 Å². The standard InChI is InChI=1S/C18H20N8/c1-12-23-17-15(10-22-25(17)2)18(24-12)26-6-5-14(11-26)9-21-16-4-3-13(7-19)8-20-16/h3-4,8,10,14H,5-6,9,11H2,1-2H3,(H,20,21)/t14-/m1/s1. The summed E-state index contributed by atoms with van der Waals surface area (Å²) >= 11 is 0. The van der Waals surface area contributed by atoms with E-state index in [1.165, 1.54) is 0 Å². The third kappa shape index (κ3) is 3.04. The molecule has 4 heterocycles. The summed E-state index contributed by atoms with van der Waals surface area (Å²) in [7, 11) is 1.90. The molecule has 0 radical (unpaired) electrons. The minimum Gasteiger partial charge on any atom is -0.370 e. The fourth-order valence-corrected chi connectivity index (χ4v) is 3.36. The number of fused-ring (bicyclic) bond motifs is 1. The third-order valence-electron chi connectivity index (χ3n) is 4.73. The minimum atomic E-state index is 0.509. The lowest BCUT2D eigenvalue weighted by Gasteiger charge is -2.19. The second-order valence-corrected chi connectivity index (χ2v) is 6.63. The number of aromatic nitrogens is 5. The van der Waals surface area contributed by atoms with E-state index in [1.807, 2.05) is 26.2 Å². The van der Waals surface area contributed by atoms with Gasteiger partial charge in [0.1, 0.15) is 23.5 Å². The molecule has 8 nitrogen and oxygen atoms in total. The average Bonchev–Trinajstić information content (AvgIpc) is 3.27. The SMILES string of the molecule is Cc1nc(N2CC[C@H](CNc3ccc(C#N)cn3)C2)c2cnn(C)c2n1. The van der Waals surface area contributed by atoms with Gasteiger partial charge in [-0.25, -0.2) is 15.0 Å². The molecule has 0 aromatic carbocycles. The van der Waals surface area contributed by atoms with Crippen molar-refractivity contribution < 1.29 is 0 Å². The summed E-state index contributed by atoms with van der Waals surface area (Å²) < 4.78 is 1.79. The summed E-state index contributed by atoms with van der Waals surface area (Å²) in [5.41, 5.74) is 1.44. The molecule has 1 atom stereocenters. The molecule has 1 N–H and O–H groups in total. The number of pyridine rings is 1. The Balaban J connectivity index is 1.44. The maximum absolute atomic E-state index is 8.83. The molecule has 1 fully saturated rings. The topological polar surface area (TPSA) is 95.5 Å². The van der Waals surface area contributed by atoms with E-state index in [4.69, 9.17) is 5.26 Å². The van der Waals surface area contributed by atoms with Gasteiger partial charge in [-0.2, -0.15) is 10.4 Å². The minimum absolute atomic E-state index is 0.509. The number of nitriles is 1. The largest absolute Gasteiger partial charge is 0.370 e. The van der Waals surface area contributed by atoms with Crippen molar-refractivity contribution in [3.8, 4) is 6.07 Å². The van der Waals surface area contributed by atoms with E-state index in [-0.39, 0.29) is 0 Å². The Morgan fingerprint density at radius 2 is 2.19 bits per heavy atom. The molecule has 0 spiro atoms. The van der Waals surface area contributed by atoms with Gasteiger partial charge in [0.2, 0.25) is 0 Å². The number of nitrogens with one attached hydrogen (secondary N) is 1. The summed E-state index contributed by atoms with van der Waals surface area (Å²) in [5.74, 6) is 3.04. The lowest BCUT2D eigenvalue weighted by atomic mass is 10.1. The first-order valence-corrected chi connectivity index (χ1v) is 8.65. The Bertz CT molecular complexity index is 969. The number of aryl methyl sites for hydroxylation is 2. The van der Waals surface area contributed by atoms with Crippen molar-refractivity contribution in [2.75, 3.05) is 29.9 Å². The van der Waals surface area contributed by atoms with Crippen LogP contribution in [0.15, 0.2) is 24.5 Å². The summed E-state index contributed by atoms with van der Waals surface area (Å²) in [6.45, 7) is 4.66. The van der Waals surface area contributed by atoms with Gasteiger partial charge in [0.15, 0.2) is 5.65 Å². The van der Waals surface area contributed by atoms with Crippen LogP contribution in [0.25, 0.3) is 11.0 Å². The summed E-state index contributed by atoms with van der Waals surface area (Å²) in [5, 5.41) is 17.5. The van der Waals surface area contributed by atoms with Crippen molar-refractivity contribution in [2.24, 2.45) is 13.0 Å². The van der Waals surface area contributed by atoms with Crippen LogP contribution in [0.5, 0.6) is 0 Å². The zero-order chi connectivity index (χ0) is 18.1. The number of hydrogen-bond donors (Lipinski definition) is 1. The normalized spacial score (nSPS) is 16.8. The highest BCUT2D eigenvalue weighted by Gasteiger charge is 2.26. The van der Waals surface area contributed by atoms with Gasteiger partial charge in [-0.1, -0.05) is 0 Å². The van der Waals surface area contributed by atoms with Crippen LogP contribution in [0.1, 0.15) is 17.8 Å². The molecule has 4 rings (SSSR count). The van der Waals surface area contributed by atoms with Crippen molar-refractivity contribution in [3.63, 3.8) is 0 Å². The molecule has 8 heteroatoms. The number of hydrogen-bond acceptors (Lipinski definition) is 7. The predicted octanol–water partition coefficient (Wildman–Crippen LogP) is 1.88. The summed E-state index contributed by atoms with van der Waals surface area (Å²) in [6.07, 6.45) is 4.52. The average molecular weight is 348 g/mol. The Kier molecular flexibility index (Phi) is 4.13. The summed E-state index contributed by atoms with van der Waals surface area (Å²) in [4.78, 5) is 15.7. The fraction of sp³-hybridized carbons (Fsp3) is 0.389. The third-order valence-corrected chi connectivity index (χ3v) is 4.73. The molecular formula is C18H20N8. The molecule has 1 aliphatic rings. The van der Waals surface area contributed by atoms with Gasteiger partial charge in [-0.05, 0) is 31.4 Å². The molecule has 3 aromatic heterocycles. The molecule has 26 heavy (non-hydrogen) atoms. The highest BCUT2D eigenvalue weighted by atomic mass is 15.3. The van der Waals surface area contributed by atoms with E-state index >= 15 is 0 Å². The molecule has 0 bridgehead atoms. The fourth-order valence-electron chi connectivity index (χ4n) is 3.36. The number of anilines is 2. The summed E-state index contributed by atoms with van der Waals surface area (Å²) in [6, 6.07) is 5.70. The highest BCUT2D eigenvalue weighted by Crippen LogP contribution is 2.28. The van der Waals surface area contributed by atoms with Crippen molar-refractivity contribution in [1.29, 1.82) is 5.26 Å². The Morgan fingerprint density at radius 3 is 2.96 bits per heavy atom. The smallest absolute Gasteiger partial charge is 0.163 e. The van der Waals surface area contributed by atoms with Crippen molar-refractivity contribution in [2.45, 2.75) is 13.3 Å². The number of nitrogens with zero attached hydrogens (tertiary/aromatic N) is 7. The first-order chi connectivity index (χ1) is 12.6. The van der Waals surface area contributed by atoms with E-state index in [1.54, 1.807) is 16.9 Å². The van der Waals surface area contributed by atoms with Crippen LogP contribution in [0.3, 0.4) is 0 Å². The molecule has 0 aliphatic carbocycles. The molecule has 0 saturated carbocycles. The van der Waals surface area contributed by atoms with Crippen LogP contribution in [0, 0.1) is 24.2 Å². The van der Waals surface area contributed by atoms with Gasteiger partial charge in [-0.15, -0.1) is 0 Å². The van der Waals surface area contributed by atoms with Crippen LogP contribution in [0.4, 0.5) is 11.6 Å². The van der Waals surface area contributed by atoms with Gasteiger partial charge in [-0.3, -0.25) is 4.68 Å². The van der Waals surface area contributed by atoms with Crippen LogP contribution < -0.4 is 10.2 Å². The van der Waals surface area contributed by atoms with E-state index < -0.39 is 0 Å². The van der Waals surface area contributed by atoms with E-state index in [9.17, 15) is 0 Å². The van der Waals surface area contributed by atoms with Crippen molar-refractivity contribution in [3.05, 3.63) is 35.9 Å². The first kappa shape index (κ1) is 16.3. The van der Waals surface area contributed by atoms with E-state index in [2.05, 4.69) is 36.3 Å². The van der Waals surface area contributed by atoms with Gasteiger partial charge < -0.3 is 10.2 Å². The van der Waals surface area contributed by atoms with Crippen molar-refractivity contribution in [1.82, 2.24) is 24.7 Å². The van der Waals surface area contributed by atoms with Crippen LogP contribution in [-0.4, -0.2) is 44.4 Å². The highest BCUT2D eigenvalue weighted by molar-refractivity contribution is 5.87. The van der Waals surface area contributed by atoms with Crippen molar-refractivity contribution >= 4 is 22.7 Å². The van der Waals surface area contributed by atoms with Gasteiger partial charge in [0, 0.05) is 32.9 Å². The molecule has 3 aromatic rings. The second kappa shape index (κ2) is 6.59. The van der Waals surface area contributed by atoms with Gasteiger partial charge in [0.05, 0.1) is 17.1 Å². The predicted molar refractivity (Wildman–Crippen MR) is 98.8 cm³/mol. The zero-order valence-electron chi connectivity index (χ0n) is 14.8. The first-order valence-electron chi connectivity index (χ1n) is 8.65. The molecule has 132 valence electrons. The lowest BCUT2D eigenvalue weighted by molar-refractivity contribution is 0.621. The van der Waals surface area contributed by atoms with E-state index in [0.29, 0.717) is 11.5 Å². The maximum Gasteiger partial charge on any atom is 0.163 e. The Morgan fingerprint density at radius 1 is 1.31 bits per heavy atom. The monoisotopic (exact) mass is 348 g/mol. The van der Waals surface area contributed by atoms with Gasteiger partial charge in [0.25, 0.3) is 0 Å². The molecular weight excluding hydrogens is 328 g/mol. The van der Waals surface area contributed by atoms with Gasteiger partial charge >= 0.3 is 0 Å². The zero-order valence-corrected chi connectivity index (χ0v) is 14.8. The molecule has 0 amide bonds. The van der Waals surface area contributed by atoms with Crippen LogP contribution >= 0.6 is 0 Å². The quantitative estimate of drug-likeness (QED) is 0.769. The Hall–Kier alpha value is -3.21. The van der Waals surface area contributed by atoms with E-state index in [0.717, 1.165) is 54.5 Å². The molecule has 0 unspecified atom stereocenters. The maximum atomic E-state index is 8.83. The molecule has 1 aliphatic heterocycles. The molecule has 1 saturated heterocycles. The number of rotatable bonds is 4. The lowest BCUT2D eigenvalue weighted by Crippen LogP contribution is -2.24. The van der Waals surface area contributed by atoms with Crippen LogP contribution in [-0.2, 0) is 7.05 Å².